The first-order valence-corrected chi connectivity index (χ1v) is 9.34. The molecule has 1 aromatic carbocycles. The monoisotopic (exact) mass is 357 g/mol. The summed E-state index contributed by atoms with van der Waals surface area (Å²) in [6.45, 7) is 1.96. The van der Waals surface area contributed by atoms with Crippen molar-refractivity contribution in [2.75, 3.05) is 33.9 Å². The second-order valence-corrected chi connectivity index (χ2v) is 8.13. The van der Waals surface area contributed by atoms with E-state index in [-0.39, 0.29) is 6.04 Å². The van der Waals surface area contributed by atoms with Crippen molar-refractivity contribution in [3.05, 3.63) is 35.4 Å². The Bertz CT molecular complexity index is 832. The summed E-state index contributed by atoms with van der Waals surface area (Å²) in [5.74, 6) is 0.518. The Morgan fingerprint density at radius 3 is 2.81 bits per heavy atom. The number of fused-ring (bicyclic) bond motifs is 1. The molecule has 0 aromatic heterocycles. The fourth-order valence-electron chi connectivity index (χ4n) is 6.13. The van der Waals surface area contributed by atoms with Crippen LogP contribution in [-0.4, -0.2) is 67.5 Å². The van der Waals surface area contributed by atoms with Gasteiger partial charge in [0, 0.05) is 11.6 Å². The minimum Gasteiger partial charge on any atom is -0.493 e. The summed E-state index contributed by atoms with van der Waals surface area (Å²) in [4.78, 5) is 2.27. The highest BCUT2D eigenvalue weighted by Gasteiger charge is 2.75. The normalized spacial score (nSPS) is 41.2. The molecule has 0 radical (unpaired) electrons. The lowest BCUT2D eigenvalue weighted by atomic mass is 9.50. The Balaban J connectivity index is 1.69. The number of aliphatic hydroxyl groups is 1. The molecule has 2 spiro atoms. The van der Waals surface area contributed by atoms with Gasteiger partial charge < -0.3 is 24.1 Å². The van der Waals surface area contributed by atoms with Crippen molar-refractivity contribution in [1.82, 2.24) is 4.90 Å². The predicted molar refractivity (Wildman–Crippen MR) is 92.6 cm³/mol. The Kier molecular flexibility index (Phi) is 2.75. The summed E-state index contributed by atoms with van der Waals surface area (Å²) >= 11 is 0. The van der Waals surface area contributed by atoms with Crippen molar-refractivity contribution >= 4 is 0 Å². The molecule has 5 aliphatic rings. The number of methoxy groups -OCH3 is 1. The van der Waals surface area contributed by atoms with Crippen LogP contribution in [0.2, 0.25) is 0 Å². The summed E-state index contributed by atoms with van der Waals surface area (Å²) in [6.07, 6.45) is 4.96. The molecule has 2 saturated heterocycles. The van der Waals surface area contributed by atoms with Gasteiger partial charge in [0.15, 0.2) is 17.6 Å². The van der Waals surface area contributed by atoms with E-state index < -0.39 is 22.9 Å². The number of likely N-dealkylation sites (N-methyl/N-ethyl adjacent to an activating group) is 1. The van der Waals surface area contributed by atoms with Gasteiger partial charge in [-0.2, -0.15) is 0 Å². The summed E-state index contributed by atoms with van der Waals surface area (Å²) in [5.41, 5.74) is 0.723. The van der Waals surface area contributed by atoms with Crippen molar-refractivity contribution in [3.63, 3.8) is 0 Å². The molecule has 2 fully saturated rings. The average Bonchev–Trinajstić information content (AvgIpc) is 3.24. The Morgan fingerprint density at radius 1 is 1.23 bits per heavy atom. The zero-order valence-corrected chi connectivity index (χ0v) is 15.0. The quantitative estimate of drug-likeness (QED) is 0.757. The third-order valence-corrected chi connectivity index (χ3v) is 7.26. The molecule has 26 heavy (non-hydrogen) atoms. The highest BCUT2D eigenvalue weighted by molar-refractivity contribution is 5.64. The molecule has 3 heterocycles. The number of hydrogen-bond acceptors (Lipinski definition) is 6. The fourth-order valence-corrected chi connectivity index (χ4v) is 6.13. The minimum absolute atomic E-state index is 0.00389. The lowest BCUT2D eigenvalue weighted by molar-refractivity contribution is -0.237. The van der Waals surface area contributed by atoms with Crippen LogP contribution in [0.15, 0.2) is 24.3 Å². The van der Waals surface area contributed by atoms with Gasteiger partial charge in [-0.05, 0) is 50.2 Å². The van der Waals surface area contributed by atoms with Crippen LogP contribution in [0.5, 0.6) is 11.5 Å². The van der Waals surface area contributed by atoms with Crippen molar-refractivity contribution in [2.24, 2.45) is 0 Å². The largest absolute Gasteiger partial charge is 0.493 e. The van der Waals surface area contributed by atoms with E-state index in [0.29, 0.717) is 19.0 Å². The molecule has 3 unspecified atom stereocenters. The Labute approximate surface area is 152 Å². The van der Waals surface area contributed by atoms with E-state index in [2.05, 4.69) is 18.0 Å². The van der Waals surface area contributed by atoms with Gasteiger partial charge in [0.2, 0.25) is 5.79 Å². The number of rotatable bonds is 1. The van der Waals surface area contributed by atoms with Crippen molar-refractivity contribution in [3.8, 4) is 11.5 Å². The minimum atomic E-state index is -1.02. The molecule has 0 amide bonds. The number of likely N-dealkylation sites (tertiary alicyclic amines) is 1. The maximum Gasteiger partial charge on any atom is 0.227 e. The van der Waals surface area contributed by atoms with Crippen LogP contribution in [0.3, 0.4) is 0 Å². The second-order valence-electron chi connectivity index (χ2n) is 8.13. The van der Waals surface area contributed by atoms with Gasteiger partial charge in [0.05, 0.1) is 25.7 Å². The highest BCUT2D eigenvalue weighted by Crippen LogP contribution is 2.66. The number of nitrogens with zero attached hydrogens (tertiary/aromatic N) is 1. The number of hydrogen-bond donors (Lipinski definition) is 1. The zero-order valence-electron chi connectivity index (χ0n) is 15.0. The fraction of sp³-hybridized carbons (Fsp3) is 0.600. The van der Waals surface area contributed by atoms with Crippen LogP contribution in [0.1, 0.15) is 17.5 Å². The van der Waals surface area contributed by atoms with Gasteiger partial charge in [-0.25, -0.2) is 0 Å². The molecule has 6 nitrogen and oxygen atoms in total. The Hall–Kier alpha value is -1.60. The number of ether oxygens (including phenoxy) is 4. The van der Waals surface area contributed by atoms with Crippen molar-refractivity contribution < 1.29 is 24.1 Å². The summed E-state index contributed by atoms with van der Waals surface area (Å²) in [7, 11) is 3.75. The van der Waals surface area contributed by atoms with E-state index >= 15 is 0 Å². The molecular formula is C20H23NO5. The molecular weight excluding hydrogens is 334 g/mol. The Morgan fingerprint density at radius 2 is 2.04 bits per heavy atom. The first kappa shape index (κ1) is 15.5. The second kappa shape index (κ2) is 4.62. The van der Waals surface area contributed by atoms with E-state index in [1.165, 1.54) is 5.56 Å². The zero-order chi connectivity index (χ0) is 17.7. The molecule has 2 bridgehead atoms. The van der Waals surface area contributed by atoms with E-state index in [1.807, 2.05) is 18.2 Å². The van der Waals surface area contributed by atoms with E-state index in [1.54, 1.807) is 7.11 Å². The van der Waals surface area contributed by atoms with Gasteiger partial charge in [-0.1, -0.05) is 6.07 Å². The predicted octanol–water partition coefficient (Wildman–Crippen LogP) is 0.998. The number of benzene rings is 1. The van der Waals surface area contributed by atoms with E-state index in [9.17, 15) is 5.11 Å². The van der Waals surface area contributed by atoms with Gasteiger partial charge >= 0.3 is 0 Å². The third-order valence-electron chi connectivity index (χ3n) is 7.26. The molecule has 6 heteroatoms. The molecule has 4 atom stereocenters. The van der Waals surface area contributed by atoms with Gasteiger partial charge in [0.25, 0.3) is 0 Å². The van der Waals surface area contributed by atoms with Gasteiger partial charge in [-0.15, -0.1) is 0 Å². The maximum atomic E-state index is 12.0. The molecule has 1 aromatic rings. The lowest BCUT2D eigenvalue weighted by Gasteiger charge is -2.62. The van der Waals surface area contributed by atoms with Crippen LogP contribution in [0.25, 0.3) is 0 Å². The highest BCUT2D eigenvalue weighted by atomic mass is 16.8. The van der Waals surface area contributed by atoms with Crippen LogP contribution < -0.4 is 9.47 Å². The summed E-state index contributed by atoms with van der Waals surface area (Å²) < 4.78 is 24.3. The summed E-state index contributed by atoms with van der Waals surface area (Å²) in [6, 6.07) is 4.10. The smallest absolute Gasteiger partial charge is 0.227 e. The molecule has 0 saturated carbocycles. The topological polar surface area (TPSA) is 60.4 Å². The summed E-state index contributed by atoms with van der Waals surface area (Å²) in [5, 5.41) is 12.0. The van der Waals surface area contributed by atoms with Gasteiger partial charge in [0.1, 0.15) is 5.60 Å². The molecule has 6 rings (SSSR count). The molecule has 1 N–H and O–H groups in total. The molecule has 138 valence electrons. The standard InChI is InChI=1S/C20H23NO5/c1-21-8-7-18-15-12-3-4-13(23-2)16(15)26-17(18)20(24-9-10-25-20)6-5-19(18,22)14(21)11-12/h3-6,14,17,22H,7-11H2,1-2H3/t14?,17?,18-,19?/m0/s1. The maximum absolute atomic E-state index is 12.0. The first-order chi connectivity index (χ1) is 12.6. The first-order valence-electron chi connectivity index (χ1n) is 9.34. The van der Waals surface area contributed by atoms with Crippen LogP contribution in [0, 0.1) is 0 Å². The lowest BCUT2D eigenvalue weighted by Crippen LogP contribution is -2.77. The van der Waals surface area contributed by atoms with E-state index in [0.717, 1.165) is 30.7 Å². The van der Waals surface area contributed by atoms with Crippen molar-refractivity contribution in [1.29, 1.82) is 0 Å². The molecule has 2 aliphatic carbocycles. The van der Waals surface area contributed by atoms with Crippen molar-refractivity contribution in [2.45, 2.75) is 41.8 Å². The third kappa shape index (κ3) is 1.44. The van der Waals surface area contributed by atoms with Crippen LogP contribution in [0.4, 0.5) is 0 Å². The van der Waals surface area contributed by atoms with Gasteiger partial charge in [-0.3, -0.25) is 4.90 Å². The van der Waals surface area contributed by atoms with Crippen LogP contribution >= 0.6 is 0 Å². The van der Waals surface area contributed by atoms with Crippen LogP contribution in [-0.2, 0) is 21.3 Å². The number of piperidine rings is 1. The average molecular weight is 357 g/mol. The molecule has 3 aliphatic heterocycles. The van der Waals surface area contributed by atoms with E-state index in [4.69, 9.17) is 18.9 Å². The SMILES string of the molecule is COc1ccc2c3c1OC1C4(C=CC5(O)C(C2)N(C)CC[C@]315)OCCO4.